The highest BCUT2D eigenvalue weighted by atomic mass is 16.5. The summed E-state index contributed by atoms with van der Waals surface area (Å²) in [6.07, 6.45) is 0.897. The normalized spacial score (nSPS) is 13.2. The molecule has 5 nitrogen and oxygen atoms in total. The Morgan fingerprint density at radius 2 is 2.50 bits per heavy atom. The molecule has 1 aromatic rings. The number of rotatable bonds is 4. The number of ether oxygens (including phenoxy) is 1. The third-order valence-corrected chi connectivity index (χ3v) is 1.57. The van der Waals surface area contributed by atoms with Gasteiger partial charge in [-0.15, -0.1) is 5.10 Å². The highest BCUT2D eigenvalue weighted by Gasteiger charge is 2.11. The summed E-state index contributed by atoms with van der Waals surface area (Å²) in [5.74, 6) is 0. The SMILES string of the molecule is CCOCC(O)c1cnnn1C. The van der Waals surface area contributed by atoms with Crippen molar-refractivity contribution in [2.24, 2.45) is 7.05 Å². The van der Waals surface area contributed by atoms with Crippen molar-refractivity contribution in [3.05, 3.63) is 11.9 Å². The van der Waals surface area contributed by atoms with Gasteiger partial charge in [-0.2, -0.15) is 0 Å². The molecular weight excluding hydrogens is 158 g/mol. The van der Waals surface area contributed by atoms with Crippen LogP contribution in [-0.2, 0) is 11.8 Å². The van der Waals surface area contributed by atoms with Gasteiger partial charge in [-0.05, 0) is 6.92 Å². The van der Waals surface area contributed by atoms with Crippen molar-refractivity contribution >= 4 is 0 Å². The maximum atomic E-state index is 9.50. The van der Waals surface area contributed by atoms with Crippen LogP contribution in [0.5, 0.6) is 0 Å². The van der Waals surface area contributed by atoms with Gasteiger partial charge < -0.3 is 9.84 Å². The fourth-order valence-electron chi connectivity index (χ4n) is 0.914. The second kappa shape index (κ2) is 4.18. The largest absolute Gasteiger partial charge is 0.384 e. The maximum absolute atomic E-state index is 9.50. The van der Waals surface area contributed by atoms with E-state index in [2.05, 4.69) is 10.3 Å². The molecule has 68 valence electrons. The van der Waals surface area contributed by atoms with E-state index in [0.29, 0.717) is 12.3 Å². The number of hydrogen-bond acceptors (Lipinski definition) is 4. The second-order valence-corrected chi connectivity index (χ2v) is 2.46. The lowest BCUT2D eigenvalue weighted by molar-refractivity contribution is 0.0377. The van der Waals surface area contributed by atoms with E-state index in [0.717, 1.165) is 0 Å². The molecule has 0 saturated heterocycles. The van der Waals surface area contributed by atoms with Gasteiger partial charge in [0.2, 0.25) is 0 Å². The van der Waals surface area contributed by atoms with Crippen molar-refractivity contribution in [1.29, 1.82) is 0 Å². The summed E-state index contributed by atoms with van der Waals surface area (Å²) in [7, 11) is 1.73. The standard InChI is InChI=1S/C7H13N3O2/c1-3-12-5-7(11)6-4-8-9-10(6)2/h4,7,11H,3,5H2,1-2H3. The highest BCUT2D eigenvalue weighted by Crippen LogP contribution is 2.09. The monoisotopic (exact) mass is 171 g/mol. The molecule has 12 heavy (non-hydrogen) atoms. The predicted octanol–water partition coefficient (Wildman–Crippen LogP) is -0.115. The summed E-state index contributed by atoms with van der Waals surface area (Å²) < 4.78 is 6.59. The molecule has 0 aromatic carbocycles. The Morgan fingerprint density at radius 1 is 1.75 bits per heavy atom. The molecule has 0 aliphatic heterocycles. The minimum absolute atomic E-state index is 0.289. The minimum Gasteiger partial charge on any atom is -0.384 e. The van der Waals surface area contributed by atoms with E-state index in [9.17, 15) is 5.11 Å². The molecule has 1 heterocycles. The van der Waals surface area contributed by atoms with Crippen molar-refractivity contribution in [1.82, 2.24) is 15.0 Å². The molecule has 0 amide bonds. The summed E-state index contributed by atoms with van der Waals surface area (Å²) in [6, 6.07) is 0. The second-order valence-electron chi connectivity index (χ2n) is 2.46. The van der Waals surface area contributed by atoms with Crippen LogP contribution in [0, 0.1) is 0 Å². The predicted molar refractivity (Wildman–Crippen MR) is 42.5 cm³/mol. The zero-order valence-corrected chi connectivity index (χ0v) is 7.27. The number of aliphatic hydroxyl groups excluding tert-OH is 1. The Morgan fingerprint density at radius 3 is 3.00 bits per heavy atom. The van der Waals surface area contributed by atoms with Gasteiger partial charge in [0, 0.05) is 13.7 Å². The smallest absolute Gasteiger partial charge is 0.120 e. The van der Waals surface area contributed by atoms with Gasteiger partial charge in [-0.3, -0.25) is 0 Å². The molecule has 0 saturated carbocycles. The van der Waals surface area contributed by atoms with Crippen LogP contribution in [0.25, 0.3) is 0 Å². The average molecular weight is 171 g/mol. The van der Waals surface area contributed by atoms with Gasteiger partial charge in [0.05, 0.1) is 18.5 Å². The van der Waals surface area contributed by atoms with Crippen LogP contribution in [0.4, 0.5) is 0 Å². The minimum atomic E-state index is -0.634. The average Bonchev–Trinajstić information content (AvgIpc) is 2.47. The van der Waals surface area contributed by atoms with Gasteiger partial charge in [0.15, 0.2) is 0 Å². The lowest BCUT2D eigenvalue weighted by atomic mass is 10.3. The molecule has 0 bridgehead atoms. The van der Waals surface area contributed by atoms with Gasteiger partial charge in [0.25, 0.3) is 0 Å². The fraction of sp³-hybridized carbons (Fsp3) is 0.714. The van der Waals surface area contributed by atoms with E-state index in [-0.39, 0.29) is 6.61 Å². The Bertz CT molecular complexity index is 236. The van der Waals surface area contributed by atoms with Gasteiger partial charge in [0.1, 0.15) is 6.10 Å². The first-order chi connectivity index (χ1) is 5.75. The Labute approximate surface area is 71.0 Å². The molecule has 1 unspecified atom stereocenters. The first-order valence-corrected chi connectivity index (χ1v) is 3.86. The molecule has 0 radical (unpaired) electrons. The molecule has 1 atom stereocenters. The van der Waals surface area contributed by atoms with E-state index >= 15 is 0 Å². The summed E-state index contributed by atoms with van der Waals surface area (Å²) in [4.78, 5) is 0. The number of aromatic nitrogens is 3. The lowest BCUT2D eigenvalue weighted by Crippen LogP contribution is -2.11. The van der Waals surface area contributed by atoms with E-state index in [1.54, 1.807) is 7.05 Å². The fourth-order valence-corrected chi connectivity index (χ4v) is 0.914. The van der Waals surface area contributed by atoms with E-state index in [4.69, 9.17) is 4.74 Å². The topological polar surface area (TPSA) is 60.2 Å². The number of nitrogens with zero attached hydrogens (tertiary/aromatic N) is 3. The molecule has 0 aliphatic carbocycles. The first-order valence-electron chi connectivity index (χ1n) is 3.86. The zero-order chi connectivity index (χ0) is 8.97. The molecule has 0 fully saturated rings. The van der Waals surface area contributed by atoms with Crippen LogP contribution < -0.4 is 0 Å². The summed E-state index contributed by atoms with van der Waals surface area (Å²) >= 11 is 0. The van der Waals surface area contributed by atoms with Crippen LogP contribution >= 0.6 is 0 Å². The Balaban J connectivity index is 2.52. The quantitative estimate of drug-likeness (QED) is 0.686. The number of aliphatic hydroxyl groups is 1. The van der Waals surface area contributed by atoms with Crippen molar-refractivity contribution in [2.75, 3.05) is 13.2 Å². The van der Waals surface area contributed by atoms with Crippen LogP contribution in [0.15, 0.2) is 6.20 Å². The Hall–Kier alpha value is -0.940. The van der Waals surface area contributed by atoms with E-state index in [1.165, 1.54) is 10.9 Å². The summed E-state index contributed by atoms with van der Waals surface area (Å²) in [5.41, 5.74) is 0.670. The van der Waals surface area contributed by atoms with Crippen molar-refractivity contribution in [3.63, 3.8) is 0 Å². The first kappa shape index (κ1) is 9.15. The van der Waals surface area contributed by atoms with Crippen molar-refractivity contribution in [3.8, 4) is 0 Å². The van der Waals surface area contributed by atoms with Crippen LogP contribution in [-0.4, -0.2) is 33.3 Å². The van der Waals surface area contributed by atoms with E-state index < -0.39 is 6.10 Å². The third-order valence-electron chi connectivity index (χ3n) is 1.57. The molecular formula is C7H13N3O2. The molecule has 5 heteroatoms. The number of hydrogen-bond donors (Lipinski definition) is 1. The lowest BCUT2D eigenvalue weighted by Gasteiger charge is -2.08. The summed E-state index contributed by atoms with van der Waals surface area (Å²) in [5, 5.41) is 16.8. The molecule has 0 aliphatic rings. The van der Waals surface area contributed by atoms with Crippen molar-refractivity contribution in [2.45, 2.75) is 13.0 Å². The maximum Gasteiger partial charge on any atom is 0.120 e. The van der Waals surface area contributed by atoms with Crippen LogP contribution in [0.1, 0.15) is 18.7 Å². The van der Waals surface area contributed by atoms with Gasteiger partial charge in [-0.25, -0.2) is 4.68 Å². The summed E-state index contributed by atoms with van der Waals surface area (Å²) in [6.45, 7) is 2.77. The van der Waals surface area contributed by atoms with E-state index in [1.807, 2.05) is 6.92 Å². The van der Waals surface area contributed by atoms with Gasteiger partial charge >= 0.3 is 0 Å². The van der Waals surface area contributed by atoms with Crippen LogP contribution in [0.3, 0.4) is 0 Å². The Kier molecular flexibility index (Phi) is 3.19. The zero-order valence-electron chi connectivity index (χ0n) is 7.27. The van der Waals surface area contributed by atoms with Gasteiger partial charge in [-0.1, -0.05) is 5.21 Å². The molecule has 1 rings (SSSR count). The van der Waals surface area contributed by atoms with Crippen molar-refractivity contribution < 1.29 is 9.84 Å². The number of aryl methyl sites for hydroxylation is 1. The molecule has 1 aromatic heterocycles. The van der Waals surface area contributed by atoms with Crippen LogP contribution in [0.2, 0.25) is 0 Å². The third kappa shape index (κ3) is 2.02. The highest BCUT2D eigenvalue weighted by molar-refractivity contribution is 4.97. The molecule has 0 spiro atoms. The molecule has 1 N–H and O–H groups in total.